The third-order valence-electron chi connectivity index (χ3n) is 3.75. The van der Waals surface area contributed by atoms with Gasteiger partial charge in [0.15, 0.2) is 0 Å². The molecule has 1 aromatic heterocycles. The highest BCUT2D eigenvalue weighted by Crippen LogP contribution is 2.22. The van der Waals surface area contributed by atoms with Gasteiger partial charge in [-0.2, -0.15) is 0 Å². The number of aromatic amines is 1. The average Bonchev–Trinajstić information content (AvgIpc) is 2.95. The van der Waals surface area contributed by atoms with Gasteiger partial charge in [0.1, 0.15) is 0 Å². The molecule has 0 fully saturated rings. The van der Waals surface area contributed by atoms with Gasteiger partial charge in [0, 0.05) is 37.3 Å². The topological polar surface area (TPSA) is 66.2 Å². The van der Waals surface area contributed by atoms with Crippen LogP contribution in [-0.4, -0.2) is 44.2 Å². The molecule has 128 valence electrons. The number of H-pyrrole nitrogens is 1. The van der Waals surface area contributed by atoms with E-state index in [0.717, 1.165) is 12.8 Å². The van der Waals surface area contributed by atoms with Gasteiger partial charge in [-0.1, -0.05) is 25.1 Å². The molecule has 2 rings (SSSR count). The number of aryl methyl sites for hydroxylation is 1. The summed E-state index contributed by atoms with van der Waals surface area (Å²) in [5, 5.41) is 7.22. The Labute approximate surface area is 143 Å². The number of carbonyl (C=O) groups is 1. The Bertz CT molecular complexity index is 613. The number of para-hydroxylation sites is 1. The van der Waals surface area contributed by atoms with E-state index in [1.54, 1.807) is 7.11 Å². The van der Waals surface area contributed by atoms with Crippen LogP contribution in [-0.2, 0) is 22.4 Å². The summed E-state index contributed by atoms with van der Waals surface area (Å²) in [6.07, 6.45) is 3.89. The predicted octanol–water partition coefficient (Wildman–Crippen LogP) is 2.05. The number of hydrogen-bond acceptors (Lipinski definition) is 3. The number of nitrogens with one attached hydrogen (secondary N) is 3. The zero-order valence-corrected chi connectivity index (χ0v) is 14.6. The third kappa shape index (κ3) is 5.53. The van der Waals surface area contributed by atoms with Crippen molar-refractivity contribution in [1.82, 2.24) is 15.6 Å². The lowest BCUT2D eigenvalue weighted by atomic mass is 10.1. The lowest BCUT2D eigenvalue weighted by Crippen LogP contribution is -2.36. The van der Waals surface area contributed by atoms with E-state index in [-0.39, 0.29) is 18.3 Å². The molecule has 5 nitrogen and oxygen atoms in total. The van der Waals surface area contributed by atoms with Crippen LogP contribution in [0.25, 0.3) is 10.9 Å². The van der Waals surface area contributed by atoms with Crippen LogP contribution in [0.2, 0.25) is 0 Å². The zero-order chi connectivity index (χ0) is 15.8. The van der Waals surface area contributed by atoms with E-state index in [9.17, 15) is 4.79 Å². The monoisotopic (exact) mass is 339 g/mol. The standard InChI is InChI=1S/C17H25N3O2.ClH/c1-3-13-5-4-6-15-14(11-20-17(13)15)7-8-19-16(21)12-18-9-10-22-2;/h4-6,11,18,20H,3,7-10,12H2,1-2H3,(H,19,21);1H. The number of amides is 1. The number of halogens is 1. The maximum Gasteiger partial charge on any atom is 0.233 e. The van der Waals surface area contributed by atoms with Crippen molar-refractivity contribution in [3.63, 3.8) is 0 Å². The van der Waals surface area contributed by atoms with Gasteiger partial charge in [0.25, 0.3) is 0 Å². The van der Waals surface area contributed by atoms with Crippen molar-refractivity contribution in [2.24, 2.45) is 0 Å². The fourth-order valence-electron chi connectivity index (χ4n) is 2.55. The minimum atomic E-state index is 0. The molecule has 0 saturated heterocycles. The summed E-state index contributed by atoms with van der Waals surface area (Å²) in [6.45, 7) is 4.44. The molecule has 0 unspecified atom stereocenters. The van der Waals surface area contributed by atoms with Crippen molar-refractivity contribution in [2.45, 2.75) is 19.8 Å². The Balaban J connectivity index is 0.00000264. The number of carbonyl (C=O) groups excluding carboxylic acids is 1. The summed E-state index contributed by atoms with van der Waals surface area (Å²) in [5.74, 6) is 0.0187. The summed E-state index contributed by atoms with van der Waals surface area (Å²) in [6, 6.07) is 6.38. The summed E-state index contributed by atoms with van der Waals surface area (Å²) in [7, 11) is 1.65. The highest BCUT2D eigenvalue weighted by Gasteiger charge is 2.07. The van der Waals surface area contributed by atoms with Crippen molar-refractivity contribution >= 4 is 29.2 Å². The van der Waals surface area contributed by atoms with E-state index in [4.69, 9.17) is 4.74 Å². The van der Waals surface area contributed by atoms with Gasteiger partial charge in [-0.05, 0) is 24.0 Å². The fourth-order valence-corrected chi connectivity index (χ4v) is 2.55. The van der Waals surface area contributed by atoms with Crippen LogP contribution in [0.5, 0.6) is 0 Å². The number of benzene rings is 1. The van der Waals surface area contributed by atoms with Crippen LogP contribution in [0.1, 0.15) is 18.1 Å². The minimum Gasteiger partial charge on any atom is -0.383 e. The smallest absolute Gasteiger partial charge is 0.233 e. The normalized spacial score (nSPS) is 10.5. The van der Waals surface area contributed by atoms with Crippen molar-refractivity contribution in [2.75, 3.05) is 33.4 Å². The maximum absolute atomic E-state index is 11.7. The molecule has 0 saturated carbocycles. The predicted molar refractivity (Wildman–Crippen MR) is 96.4 cm³/mol. The molecule has 2 aromatic rings. The molecule has 6 heteroatoms. The van der Waals surface area contributed by atoms with E-state index in [1.165, 1.54) is 22.0 Å². The Kier molecular flexibility index (Phi) is 8.69. The first-order valence-electron chi connectivity index (χ1n) is 7.80. The average molecular weight is 340 g/mol. The summed E-state index contributed by atoms with van der Waals surface area (Å²) >= 11 is 0. The van der Waals surface area contributed by atoms with Crippen LogP contribution in [0.3, 0.4) is 0 Å². The first-order valence-corrected chi connectivity index (χ1v) is 7.80. The molecule has 0 atom stereocenters. The first kappa shape index (κ1) is 19.5. The molecule has 1 aromatic carbocycles. The van der Waals surface area contributed by atoms with Crippen LogP contribution in [0.15, 0.2) is 24.4 Å². The van der Waals surface area contributed by atoms with E-state index in [2.05, 4.69) is 40.7 Å². The Hall–Kier alpha value is -1.56. The van der Waals surface area contributed by atoms with Crippen molar-refractivity contribution < 1.29 is 9.53 Å². The summed E-state index contributed by atoms with van der Waals surface area (Å²) in [5.41, 5.74) is 3.79. The number of aromatic nitrogens is 1. The van der Waals surface area contributed by atoms with E-state index < -0.39 is 0 Å². The van der Waals surface area contributed by atoms with Gasteiger partial charge in [0.2, 0.25) is 5.91 Å². The van der Waals surface area contributed by atoms with Crippen LogP contribution in [0.4, 0.5) is 0 Å². The second-order valence-corrected chi connectivity index (χ2v) is 5.28. The zero-order valence-electron chi connectivity index (χ0n) is 13.8. The number of hydrogen-bond donors (Lipinski definition) is 3. The molecule has 1 amide bonds. The largest absolute Gasteiger partial charge is 0.383 e. The second-order valence-electron chi connectivity index (χ2n) is 5.28. The van der Waals surface area contributed by atoms with Crippen LogP contribution >= 0.6 is 12.4 Å². The second kappa shape index (κ2) is 10.3. The molecule has 23 heavy (non-hydrogen) atoms. The molecule has 3 N–H and O–H groups in total. The fraction of sp³-hybridized carbons (Fsp3) is 0.471. The van der Waals surface area contributed by atoms with Crippen molar-refractivity contribution in [3.05, 3.63) is 35.5 Å². The van der Waals surface area contributed by atoms with Gasteiger partial charge in [0.05, 0.1) is 13.2 Å². The Morgan fingerprint density at radius 1 is 1.26 bits per heavy atom. The molecule has 0 spiro atoms. The molecular weight excluding hydrogens is 314 g/mol. The quantitative estimate of drug-likeness (QED) is 0.613. The molecule has 0 aliphatic rings. The van der Waals surface area contributed by atoms with Gasteiger partial charge in [-0.3, -0.25) is 4.79 Å². The van der Waals surface area contributed by atoms with Crippen molar-refractivity contribution in [1.29, 1.82) is 0 Å². The Morgan fingerprint density at radius 2 is 2.09 bits per heavy atom. The lowest BCUT2D eigenvalue weighted by molar-refractivity contribution is -0.120. The van der Waals surface area contributed by atoms with Gasteiger partial charge < -0.3 is 20.4 Å². The Morgan fingerprint density at radius 3 is 2.83 bits per heavy atom. The van der Waals surface area contributed by atoms with E-state index >= 15 is 0 Å². The molecule has 0 radical (unpaired) electrons. The molecule has 0 aliphatic carbocycles. The van der Waals surface area contributed by atoms with Crippen molar-refractivity contribution in [3.8, 4) is 0 Å². The number of ether oxygens (including phenoxy) is 1. The number of fused-ring (bicyclic) bond motifs is 1. The third-order valence-corrected chi connectivity index (χ3v) is 3.75. The number of rotatable bonds is 9. The van der Waals surface area contributed by atoms with Gasteiger partial charge >= 0.3 is 0 Å². The highest BCUT2D eigenvalue weighted by molar-refractivity contribution is 5.86. The van der Waals surface area contributed by atoms with E-state index in [0.29, 0.717) is 26.2 Å². The van der Waals surface area contributed by atoms with Gasteiger partial charge in [-0.25, -0.2) is 0 Å². The summed E-state index contributed by atoms with van der Waals surface area (Å²) in [4.78, 5) is 15.0. The minimum absolute atomic E-state index is 0. The van der Waals surface area contributed by atoms with Crippen LogP contribution < -0.4 is 10.6 Å². The van der Waals surface area contributed by atoms with E-state index in [1.807, 2.05) is 6.20 Å². The molecule has 0 bridgehead atoms. The molecule has 0 aliphatic heterocycles. The first-order chi connectivity index (χ1) is 10.8. The SMILES string of the molecule is CCc1cccc2c(CCNC(=O)CNCCOC)c[nH]c12.Cl. The maximum atomic E-state index is 11.7. The highest BCUT2D eigenvalue weighted by atomic mass is 35.5. The lowest BCUT2D eigenvalue weighted by Gasteiger charge is -2.06. The van der Waals surface area contributed by atoms with Gasteiger partial charge in [-0.15, -0.1) is 12.4 Å². The molecule has 1 heterocycles. The summed E-state index contributed by atoms with van der Waals surface area (Å²) < 4.78 is 4.92. The molecular formula is C17H26ClN3O2. The number of methoxy groups -OCH3 is 1. The van der Waals surface area contributed by atoms with Crippen LogP contribution in [0, 0.1) is 0 Å².